The van der Waals surface area contributed by atoms with E-state index in [2.05, 4.69) is 15.3 Å². The van der Waals surface area contributed by atoms with Gasteiger partial charge in [0, 0.05) is 17.8 Å². The summed E-state index contributed by atoms with van der Waals surface area (Å²) < 4.78 is 5.13. The normalized spacial score (nSPS) is 15.9. The SMILES string of the molecule is COc1ncccc1CN=C(N)NC1CC1. The standard InChI is InChI=1S/C11H16N4O/c1-16-10-8(3-2-6-13-10)7-14-11(12)15-9-4-5-9/h2-3,6,9H,4-5,7H2,1H3,(H3,12,14,15). The van der Waals surface area contributed by atoms with Gasteiger partial charge in [-0.1, -0.05) is 6.07 Å². The van der Waals surface area contributed by atoms with Crippen LogP contribution in [-0.2, 0) is 6.54 Å². The molecule has 2 rings (SSSR count). The largest absolute Gasteiger partial charge is 0.481 e. The summed E-state index contributed by atoms with van der Waals surface area (Å²) in [5, 5.41) is 3.13. The first kappa shape index (κ1) is 10.7. The lowest BCUT2D eigenvalue weighted by molar-refractivity contribution is 0.392. The fourth-order valence-corrected chi connectivity index (χ4v) is 1.38. The molecule has 0 bridgehead atoms. The predicted molar refractivity (Wildman–Crippen MR) is 62.3 cm³/mol. The van der Waals surface area contributed by atoms with Crippen molar-refractivity contribution in [1.29, 1.82) is 0 Å². The maximum absolute atomic E-state index is 5.73. The molecule has 0 unspecified atom stereocenters. The molecule has 86 valence electrons. The van der Waals surface area contributed by atoms with Gasteiger partial charge in [0.15, 0.2) is 5.96 Å². The Morgan fingerprint density at radius 3 is 3.19 bits per heavy atom. The van der Waals surface area contributed by atoms with E-state index < -0.39 is 0 Å². The van der Waals surface area contributed by atoms with Crippen LogP contribution in [0.15, 0.2) is 23.3 Å². The predicted octanol–water partition coefficient (Wildman–Crippen LogP) is 0.657. The molecule has 1 heterocycles. The third-order valence-corrected chi connectivity index (χ3v) is 2.39. The Balaban J connectivity index is 1.96. The van der Waals surface area contributed by atoms with Crippen molar-refractivity contribution < 1.29 is 4.74 Å². The lowest BCUT2D eigenvalue weighted by Crippen LogP contribution is -2.33. The Kier molecular flexibility index (Phi) is 3.24. The fourth-order valence-electron chi connectivity index (χ4n) is 1.38. The van der Waals surface area contributed by atoms with E-state index in [1.165, 1.54) is 12.8 Å². The third-order valence-electron chi connectivity index (χ3n) is 2.39. The monoisotopic (exact) mass is 220 g/mol. The van der Waals surface area contributed by atoms with Crippen LogP contribution >= 0.6 is 0 Å². The van der Waals surface area contributed by atoms with Gasteiger partial charge in [-0.05, 0) is 18.9 Å². The van der Waals surface area contributed by atoms with Gasteiger partial charge in [0.25, 0.3) is 0 Å². The highest BCUT2D eigenvalue weighted by Gasteiger charge is 2.21. The van der Waals surface area contributed by atoms with Gasteiger partial charge in [-0.3, -0.25) is 0 Å². The first-order chi connectivity index (χ1) is 7.79. The first-order valence-electron chi connectivity index (χ1n) is 5.34. The molecule has 1 fully saturated rings. The summed E-state index contributed by atoms with van der Waals surface area (Å²) in [6.45, 7) is 0.489. The Hall–Kier alpha value is -1.78. The summed E-state index contributed by atoms with van der Waals surface area (Å²) in [7, 11) is 1.60. The molecule has 0 aliphatic heterocycles. The molecule has 0 amide bonds. The third kappa shape index (κ3) is 2.85. The van der Waals surface area contributed by atoms with Gasteiger partial charge in [0.2, 0.25) is 5.88 Å². The zero-order chi connectivity index (χ0) is 11.4. The molecule has 5 nitrogen and oxygen atoms in total. The number of rotatable bonds is 4. The lowest BCUT2D eigenvalue weighted by Gasteiger charge is -2.05. The molecule has 0 spiro atoms. The number of methoxy groups -OCH3 is 1. The number of ether oxygens (including phenoxy) is 1. The van der Waals surface area contributed by atoms with Gasteiger partial charge in [-0.25, -0.2) is 9.98 Å². The average Bonchev–Trinajstić information content (AvgIpc) is 3.10. The molecule has 1 aromatic rings. The van der Waals surface area contributed by atoms with Crippen molar-refractivity contribution in [2.24, 2.45) is 10.7 Å². The molecule has 1 aliphatic rings. The minimum Gasteiger partial charge on any atom is -0.481 e. The zero-order valence-electron chi connectivity index (χ0n) is 9.31. The second kappa shape index (κ2) is 4.83. The van der Waals surface area contributed by atoms with E-state index in [1.54, 1.807) is 13.3 Å². The minimum absolute atomic E-state index is 0.489. The molecule has 5 heteroatoms. The summed E-state index contributed by atoms with van der Waals surface area (Å²) >= 11 is 0. The van der Waals surface area contributed by atoms with E-state index in [4.69, 9.17) is 10.5 Å². The van der Waals surface area contributed by atoms with Crippen molar-refractivity contribution in [3.8, 4) is 5.88 Å². The summed E-state index contributed by atoms with van der Waals surface area (Å²) in [6, 6.07) is 4.32. The molecule has 0 radical (unpaired) electrons. The van der Waals surface area contributed by atoms with Crippen molar-refractivity contribution in [3.63, 3.8) is 0 Å². The van der Waals surface area contributed by atoms with E-state index in [9.17, 15) is 0 Å². The van der Waals surface area contributed by atoms with E-state index >= 15 is 0 Å². The van der Waals surface area contributed by atoms with Crippen LogP contribution in [0.25, 0.3) is 0 Å². The Labute approximate surface area is 94.7 Å². The van der Waals surface area contributed by atoms with Crippen molar-refractivity contribution in [2.75, 3.05) is 7.11 Å². The van der Waals surface area contributed by atoms with E-state index in [0.29, 0.717) is 24.4 Å². The molecule has 1 aromatic heterocycles. The number of nitrogens with zero attached hydrogens (tertiary/aromatic N) is 2. The number of hydrogen-bond acceptors (Lipinski definition) is 3. The Morgan fingerprint density at radius 1 is 1.69 bits per heavy atom. The second-order valence-corrected chi connectivity index (χ2v) is 3.79. The van der Waals surface area contributed by atoms with Crippen molar-refractivity contribution in [3.05, 3.63) is 23.9 Å². The quantitative estimate of drug-likeness (QED) is 0.577. The Morgan fingerprint density at radius 2 is 2.50 bits per heavy atom. The Bertz CT molecular complexity index is 387. The van der Waals surface area contributed by atoms with Crippen LogP contribution in [0.5, 0.6) is 5.88 Å². The van der Waals surface area contributed by atoms with Crippen LogP contribution in [-0.4, -0.2) is 24.1 Å². The maximum Gasteiger partial charge on any atom is 0.218 e. The number of aliphatic imine (C=N–C) groups is 1. The molecule has 3 N–H and O–H groups in total. The topological polar surface area (TPSA) is 72.5 Å². The summed E-state index contributed by atoms with van der Waals surface area (Å²) in [5.41, 5.74) is 6.67. The van der Waals surface area contributed by atoms with E-state index in [1.807, 2.05) is 12.1 Å². The lowest BCUT2D eigenvalue weighted by atomic mass is 10.3. The molecule has 0 saturated heterocycles. The van der Waals surface area contributed by atoms with Crippen molar-refractivity contribution in [1.82, 2.24) is 10.3 Å². The van der Waals surface area contributed by atoms with Gasteiger partial charge in [0.1, 0.15) is 0 Å². The fraction of sp³-hybridized carbons (Fsp3) is 0.455. The number of aromatic nitrogens is 1. The summed E-state index contributed by atoms with van der Waals surface area (Å²) in [6.07, 6.45) is 4.07. The highest BCUT2D eigenvalue weighted by Crippen LogP contribution is 2.18. The minimum atomic E-state index is 0.489. The van der Waals surface area contributed by atoms with Crippen LogP contribution in [0, 0.1) is 0 Å². The average molecular weight is 220 g/mol. The zero-order valence-corrected chi connectivity index (χ0v) is 9.31. The van der Waals surface area contributed by atoms with Gasteiger partial charge in [0.05, 0.1) is 13.7 Å². The molecule has 0 aromatic carbocycles. The molecular formula is C11H16N4O. The number of guanidine groups is 1. The van der Waals surface area contributed by atoms with Gasteiger partial charge < -0.3 is 15.8 Å². The van der Waals surface area contributed by atoms with Crippen LogP contribution in [0.1, 0.15) is 18.4 Å². The maximum atomic E-state index is 5.73. The molecular weight excluding hydrogens is 204 g/mol. The van der Waals surface area contributed by atoms with Crippen LogP contribution in [0.3, 0.4) is 0 Å². The summed E-state index contributed by atoms with van der Waals surface area (Å²) in [5.74, 6) is 1.10. The first-order valence-corrected chi connectivity index (χ1v) is 5.34. The van der Waals surface area contributed by atoms with Gasteiger partial charge >= 0.3 is 0 Å². The molecule has 16 heavy (non-hydrogen) atoms. The van der Waals surface area contributed by atoms with Gasteiger partial charge in [-0.15, -0.1) is 0 Å². The number of hydrogen-bond donors (Lipinski definition) is 2. The van der Waals surface area contributed by atoms with Crippen LogP contribution < -0.4 is 15.8 Å². The van der Waals surface area contributed by atoms with Crippen LogP contribution in [0.2, 0.25) is 0 Å². The molecule has 0 atom stereocenters. The smallest absolute Gasteiger partial charge is 0.218 e. The van der Waals surface area contributed by atoms with Crippen molar-refractivity contribution >= 4 is 5.96 Å². The molecule has 1 saturated carbocycles. The van der Waals surface area contributed by atoms with Crippen molar-refractivity contribution in [2.45, 2.75) is 25.4 Å². The van der Waals surface area contributed by atoms with Crippen LogP contribution in [0.4, 0.5) is 0 Å². The highest BCUT2D eigenvalue weighted by atomic mass is 16.5. The number of nitrogens with two attached hydrogens (primary N) is 1. The van der Waals surface area contributed by atoms with E-state index in [-0.39, 0.29) is 0 Å². The highest BCUT2D eigenvalue weighted by molar-refractivity contribution is 5.78. The second-order valence-electron chi connectivity index (χ2n) is 3.79. The number of pyridine rings is 1. The molecule has 1 aliphatic carbocycles. The summed E-state index contributed by atoms with van der Waals surface area (Å²) in [4.78, 5) is 8.34. The number of nitrogens with one attached hydrogen (secondary N) is 1. The van der Waals surface area contributed by atoms with Gasteiger partial charge in [-0.2, -0.15) is 0 Å². The van der Waals surface area contributed by atoms with E-state index in [0.717, 1.165) is 5.56 Å².